The van der Waals surface area contributed by atoms with E-state index in [2.05, 4.69) is 16.5 Å². The van der Waals surface area contributed by atoms with Crippen LogP contribution in [-0.4, -0.2) is 26.9 Å². The van der Waals surface area contributed by atoms with Crippen LogP contribution in [0.2, 0.25) is 0 Å². The Labute approximate surface area is 169 Å². The molecule has 2 N–H and O–H groups in total. The molecule has 1 aliphatic rings. The minimum absolute atomic E-state index is 0.280. The van der Waals surface area contributed by atoms with Crippen LogP contribution in [0.15, 0.2) is 42.5 Å². The monoisotopic (exact) mass is 388 g/mol. The molecule has 148 valence electrons. The number of aliphatic hydroxyl groups excluding tert-OH is 1. The van der Waals surface area contributed by atoms with Gasteiger partial charge in [0, 0.05) is 24.8 Å². The summed E-state index contributed by atoms with van der Waals surface area (Å²) >= 11 is 0. The van der Waals surface area contributed by atoms with Crippen LogP contribution < -0.4 is 5.32 Å². The lowest BCUT2D eigenvalue weighted by Crippen LogP contribution is -2.34. The van der Waals surface area contributed by atoms with Gasteiger partial charge in [0.25, 0.3) is 5.91 Å². The molecule has 6 nitrogen and oxygen atoms in total. The van der Waals surface area contributed by atoms with E-state index in [1.165, 1.54) is 0 Å². The highest BCUT2D eigenvalue weighted by molar-refractivity contribution is 6.05. The Bertz CT molecular complexity index is 1100. The Morgan fingerprint density at radius 3 is 2.97 bits per heavy atom. The van der Waals surface area contributed by atoms with Gasteiger partial charge in [-0.15, -0.1) is 0 Å². The molecule has 0 fully saturated rings. The number of aliphatic hydroxyl groups is 1. The number of carbonyl (C=O) groups is 1. The van der Waals surface area contributed by atoms with E-state index in [9.17, 15) is 9.90 Å². The molecule has 1 aromatic heterocycles. The third-order valence-electron chi connectivity index (χ3n) is 5.52. The largest absolute Gasteiger partial charge is 0.390 e. The Morgan fingerprint density at radius 2 is 2.14 bits per heavy atom. The van der Waals surface area contributed by atoms with Crippen molar-refractivity contribution in [2.75, 3.05) is 0 Å². The van der Waals surface area contributed by atoms with Crippen molar-refractivity contribution in [2.24, 2.45) is 0 Å². The van der Waals surface area contributed by atoms with Crippen molar-refractivity contribution in [1.82, 2.24) is 15.1 Å². The second-order valence-electron chi connectivity index (χ2n) is 7.63. The van der Waals surface area contributed by atoms with Crippen molar-refractivity contribution in [2.45, 2.75) is 51.3 Å². The van der Waals surface area contributed by atoms with Crippen molar-refractivity contribution in [3.63, 3.8) is 0 Å². The molecule has 6 heteroatoms. The first kappa shape index (κ1) is 19.2. The molecule has 3 aromatic rings. The zero-order valence-corrected chi connectivity index (χ0v) is 16.4. The second kappa shape index (κ2) is 8.06. The van der Waals surface area contributed by atoms with Crippen LogP contribution in [0.1, 0.15) is 52.5 Å². The van der Waals surface area contributed by atoms with Gasteiger partial charge in [-0.3, -0.25) is 9.48 Å². The first-order valence-corrected chi connectivity index (χ1v) is 9.99. The number of nitrogens with zero attached hydrogens (tertiary/aromatic N) is 3. The minimum atomic E-state index is -0.641. The molecule has 0 saturated carbocycles. The van der Waals surface area contributed by atoms with E-state index < -0.39 is 12.1 Å². The van der Waals surface area contributed by atoms with Crippen molar-refractivity contribution in [3.8, 4) is 6.07 Å². The van der Waals surface area contributed by atoms with Gasteiger partial charge in [-0.2, -0.15) is 10.4 Å². The average molecular weight is 388 g/mol. The lowest BCUT2D eigenvalue weighted by atomic mass is 10.1. The summed E-state index contributed by atoms with van der Waals surface area (Å²) in [6, 6.07) is 15.5. The normalized spacial score (nSPS) is 17.8. The van der Waals surface area contributed by atoms with Crippen LogP contribution in [0.3, 0.4) is 0 Å². The maximum Gasteiger partial charge on any atom is 0.273 e. The number of hydrogen-bond donors (Lipinski definition) is 2. The molecule has 29 heavy (non-hydrogen) atoms. The van der Waals surface area contributed by atoms with Crippen molar-refractivity contribution >= 4 is 16.8 Å². The summed E-state index contributed by atoms with van der Waals surface area (Å²) in [6.45, 7) is 2.64. The zero-order chi connectivity index (χ0) is 20.4. The number of aryl methyl sites for hydroxylation is 2. The lowest BCUT2D eigenvalue weighted by molar-refractivity contribution is 0.0854. The van der Waals surface area contributed by atoms with Gasteiger partial charge in [0.1, 0.15) is 0 Å². The van der Waals surface area contributed by atoms with E-state index in [0.717, 1.165) is 40.4 Å². The fraction of sp³-hybridized carbons (Fsp3) is 0.348. The fourth-order valence-electron chi connectivity index (χ4n) is 4.05. The Morgan fingerprint density at radius 1 is 1.31 bits per heavy atom. The molecule has 2 aromatic carbocycles. The van der Waals surface area contributed by atoms with Gasteiger partial charge < -0.3 is 10.4 Å². The topological polar surface area (TPSA) is 90.9 Å². The summed E-state index contributed by atoms with van der Waals surface area (Å²) in [6.07, 6.45) is 2.04. The maximum atomic E-state index is 13.1. The van der Waals surface area contributed by atoms with E-state index in [1.807, 2.05) is 54.1 Å². The summed E-state index contributed by atoms with van der Waals surface area (Å²) in [5.74, 6) is -0.280. The standard InChI is InChI=1S/C23H24N4O2/c1-15-9-10-19-18(13-15)22(26-27(19)12-6-2-5-11-24)23(29)25-21-17-8-4-3-7-16(17)14-20(21)28/h3-4,7-10,13,20-21,28H,2,5-6,12,14H2,1H3,(H,25,29). The number of fused-ring (bicyclic) bond motifs is 2. The van der Waals surface area contributed by atoms with Gasteiger partial charge in [0.15, 0.2) is 5.69 Å². The van der Waals surface area contributed by atoms with E-state index in [-0.39, 0.29) is 5.91 Å². The first-order valence-electron chi connectivity index (χ1n) is 9.99. The number of unbranched alkanes of at least 4 members (excludes halogenated alkanes) is 2. The van der Waals surface area contributed by atoms with E-state index in [0.29, 0.717) is 25.1 Å². The van der Waals surface area contributed by atoms with Crippen molar-refractivity contribution in [3.05, 3.63) is 64.8 Å². The van der Waals surface area contributed by atoms with E-state index >= 15 is 0 Å². The number of hydrogen-bond acceptors (Lipinski definition) is 4. The molecule has 0 bridgehead atoms. The number of nitrogens with one attached hydrogen (secondary N) is 1. The molecular formula is C23H24N4O2. The molecule has 0 aliphatic heterocycles. The van der Waals surface area contributed by atoms with Crippen molar-refractivity contribution < 1.29 is 9.90 Å². The molecular weight excluding hydrogens is 364 g/mol. The Kier molecular flexibility index (Phi) is 5.32. The van der Waals surface area contributed by atoms with Crippen LogP contribution in [-0.2, 0) is 13.0 Å². The Balaban J connectivity index is 1.62. The predicted octanol–water partition coefficient (Wildman–Crippen LogP) is 3.43. The second-order valence-corrected chi connectivity index (χ2v) is 7.63. The average Bonchev–Trinajstić information content (AvgIpc) is 3.22. The van der Waals surface area contributed by atoms with Gasteiger partial charge in [-0.05, 0) is 43.0 Å². The summed E-state index contributed by atoms with van der Waals surface area (Å²) in [7, 11) is 0. The number of carbonyl (C=O) groups excluding carboxylic acids is 1. The summed E-state index contributed by atoms with van der Waals surface area (Å²) in [5, 5.41) is 27.6. The van der Waals surface area contributed by atoms with Gasteiger partial charge in [-0.1, -0.05) is 35.9 Å². The first-order chi connectivity index (χ1) is 14.1. The molecule has 0 spiro atoms. The molecule has 2 unspecified atom stereocenters. The molecule has 1 heterocycles. The Hall–Kier alpha value is -3.17. The van der Waals surface area contributed by atoms with Crippen molar-refractivity contribution in [1.29, 1.82) is 5.26 Å². The van der Waals surface area contributed by atoms with Gasteiger partial charge in [0.05, 0.1) is 23.7 Å². The number of aromatic nitrogens is 2. The fourth-order valence-corrected chi connectivity index (χ4v) is 4.05. The predicted molar refractivity (Wildman–Crippen MR) is 110 cm³/mol. The van der Waals surface area contributed by atoms with Gasteiger partial charge in [-0.25, -0.2) is 0 Å². The summed E-state index contributed by atoms with van der Waals surface area (Å²) in [4.78, 5) is 13.1. The molecule has 1 aliphatic carbocycles. The summed E-state index contributed by atoms with van der Waals surface area (Å²) in [5.41, 5.74) is 4.37. The van der Waals surface area contributed by atoms with E-state index in [1.54, 1.807) is 0 Å². The highest BCUT2D eigenvalue weighted by atomic mass is 16.3. The van der Waals surface area contributed by atoms with Gasteiger partial charge in [0.2, 0.25) is 0 Å². The van der Waals surface area contributed by atoms with E-state index in [4.69, 9.17) is 5.26 Å². The SMILES string of the molecule is Cc1ccc2c(c1)c(C(=O)NC1c3ccccc3CC1O)nn2CCCCC#N. The molecule has 2 atom stereocenters. The number of rotatable bonds is 6. The lowest BCUT2D eigenvalue weighted by Gasteiger charge is -2.17. The third kappa shape index (κ3) is 3.74. The van der Waals surface area contributed by atoms with Crippen LogP contribution in [0.25, 0.3) is 10.9 Å². The molecule has 1 amide bonds. The molecule has 0 saturated heterocycles. The zero-order valence-electron chi connectivity index (χ0n) is 16.4. The number of nitriles is 1. The van der Waals surface area contributed by atoms with Gasteiger partial charge >= 0.3 is 0 Å². The molecule has 0 radical (unpaired) electrons. The quantitative estimate of drug-likeness (QED) is 0.633. The van der Waals surface area contributed by atoms with Crippen LogP contribution in [0.5, 0.6) is 0 Å². The van der Waals surface area contributed by atoms with Crippen LogP contribution >= 0.6 is 0 Å². The number of amides is 1. The van der Waals surface area contributed by atoms with Crippen LogP contribution in [0.4, 0.5) is 0 Å². The van der Waals surface area contributed by atoms with Crippen LogP contribution in [0, 0.1) is 18.3 Å². The maximum absolute atomic E-state index is 13.1. The minimum Gasteiger partial charge on any atom is -0.390 e. The highest BCUT2D eigenvalue weighted by Crippen LogP contribution is 2.32. The highest BCUT2D eigenvalue weighted by Gasteiger charge is 2.33. The number of benzene rings is 2. The molecule has 4 rings (SSSR count). The smallest absolute Gasteiger partial charge is 0.273 e. The third-order valence-corrected chi connectivity index (χ3v) is 5.52. The summed E-state index contributed by atoms with van der Waals surface area (Å²) < 4.78 is 1.85.